The number of aromatic nitrogens is 4. The Morgan fingerprint density at radius 1 is 1.56 bits per heavy atom. The van der Waals surface area contributed by atoms with E-state index in [1.54, 1.807) is 14.0 Å². The second-order valence-electron chi connectivity index (χ2n) is 3.89. The molecule has 7 nitrogen and oxygen atoms in total. The Morgan fingerprint density at radius 2 is 2.33 bits per heavy atom. The van der Waals surface area contributed by atoms with Gasteiger partial charge in [0, 0.05) is 13.2 Å². The number of aromatic amines is 1. The predicted octanol–water partition coefficient (Wildman–Crippen LogP) is 0.486. The molecule has 2 heterocycles. The van der Waals surface area contributed by atoms with E-state index in [1.165, 1.54) is 23.4 Å². The minimum atomic E-state index is -0.308. The van der Waals surface area contributed by atoms with Crippen molar-refractivity contribution in [2.24, 2.45) is 0 Å². The number of carbonyl (C=O) groups is 1. The summed E-state index contributed by atoms with van der Waals surface area (Å²) in [5, 5.41) is 16.2. The van der Waals surface area contributed by atoms with E-state index in [2.05, 4.69) is 20.2 Å². The predicted molar refractivity (Wildman–Crippen MR) is 62.8 cm³/mol. The molecule has 2 aromatic rings. The number of aromatic hydroxyl groups is 1. The molecule has 2 N–H and O–H groups in total. The highest BCUT2D eigenvalue weighted by Gasteiger charge is 2.17. The first-order valence-electron chi connectivity index (χ1n) is 5.34. The van der Waals surface area contributed by atoms with Crippen LogP contribution in [0.5, 0.6) is 5.75 Å². The molecular formula is C11H13N5O2. The highest BCUT2D eigenvalue weighted by molar-refractivity contribution is 5.96. The van der Waals surface area contributed by atoms with Crippen LogP contribution in [0.3, 0.4) is 0 Å². The van der Waals surface area contributed by atoms with Crippen molar-refractivity contribution < 1.29 is 9.90 Å². The molecule has 0 radical (unpaired) electrons. The van der Waals surface area contributed by atoms with Gasteiger partial charge in [-0.15, -0.1) is 0 Å². The van der Waals surface area contributed by atoms with Crippen molar-refractivity contribution >= 4 is 5.91 Å². The molecule has 0 aliphatic carbocycles. The number of nitrogens with zero attached hydrogens (tertiary/aromatic N) is 4. The van der Waals surface area contributed by atoms with Gasteiger partial charge in [-0.1, -0.05) is 0 Å². The highest BCUT2D eigenvalue weighted by atomic mass is 16.3. The van der Waals surface area contributed by atoms with Gasteiger partial charge in [-0.3, -0.25) is 14.9 Å². The molecule has 0 aliphatic rings. The number of hydrogen-bond donors (Lipinski definition) is 2. The maximum absolute atomic E-state index is 12.0. The van der Waals surface area contributed by atoms with Gasteiger partial charge in [-0.05, 0) is 13.0 Å². The van der Waals surface area contributed by atoms with Gasteiger partial charge < -0.3 is 10.0 Å². The Kier molecular flexibility index (Phi) is 3.22. The zero-order valence-corrected chi connectivity index (χ0v) is 10.1. The van der Waals surface area contributed by atoms with E-state index in [0.717, 1.165) is 0 Å². The summed E-state index contributed by atoms with van der Waals surface area (Å²) in [4.78, 5) is 21.3. The van der Waals surface area contributed by atoms with Crippen LogP contribution in [0.1, 0.15) is 22.0 Å². The molecule has 2 rings (SSSR count). The van der Waals surface area contributed by atoms with Crippen LogP contribution in [0, 0.1) is 6.92 Å². The fourth-order valence-corrected chi connectivity index (χ4v) is 1.52. The van der Waals surface area contributed by atoms with Crippen LogP contribution in [0.2, 0.25) is 0 Å². The standard InChI is InChI=1S/C11H13N5O2/c1-7-13-10(15-14-7)6-16(2)11(18)8-3-4-12-5-9(8)17/h3-5,17H,6H2,1-2H3,(H,13,14,15). The molecule has 2 aromatic heterocycles. The van der Waals surface area contributed by atoms with Gasteiger partial charge in [0.25, 0.3) is 5.91 Å². The normalized spacial score (nSPS) is 10.3. The molecule has 0 aromatic carbocycles. The Balaban J connectivity index is 2.12. The van der Waals surface area contributed by atoms with Crippen molar-refractivity contribution in [1.82, 2.24) is 25.1 Å². The fraction of sp³-hybridized carbons (Fsp3) is 0.273. The monoisotopic (exact) mass is 247 g/mol. The van der Waals surface area contributed by atoms with E-state index >= 15 is 0 Å². The average molecular weight is 247 g/mol. The molecular weight excluding hydrogens is 234 g/mol. The topological polar surface area (TPSA) is 95.0 Å². The van der Waals surface area contributed by atoms with Gasteiger partial charge in [0.05, 0.1) is 18.3 Å². The van der Waals surface area contributed by atoms with Gasteiger partial charge in [-0.25, -0.2) is 4.98 Å². The Labute approximate surface area is 104 Å². The van der Waals surface area contributed by atoms with E-state index < -0.39 is 0 Å². The molecule has 18 heavy (non-hydrogen) atoms. The van der Waals surface area contributed by atoms with Gasteiger partial charge >= 0.3 is 0 Å². The van der Waals surface area contributed by atoms with Crippen LogP contribution in [-0.4, -0.2) is 43.1 Å². The molecule has 7 heteroatoms. The maximum atomic E-state index is 12.0. The fourth-order valence-electron chi connectivity index (χ4n) is 1.52. The lowest BCUT2D eigenvalue weighted by molar-refractivity contribution is 0.0778. The molecule has 0 saturated carbocycles. The molecule has 94 valence electrons. The van der Waals surface area contributed by atoms with Crippen molar-refractivity contribution in [2.45, 2.75) is 13.5 Å². The average Bonchev–Trinajstić information content (AvgIpc) is 2.74. The zero-order chi connectivity index (χ0) is 13.1. The summed E-state index contributed by atoms with van der Waals surface area (Å²) in [6.45, 7) is 2.05. The lowest BCUT2D eigenvalue weighted by Crippen LogP contribution is -2.26. The van der Waals surface area contributed by atoms with Crippen molar-refractivity contribution in [3.63, 3.8) is 0 Å². The second kappa shape index (κ2) is 4.82. The molecule has 0 spiro atoms. The zero-order valence-electron chi connectivity index (χ0n) is 10.1. The minimum Gasteiger partial charge on any atom is -0.505 e. The smallest absolute Gasteiger partial charge is 0.257 e. The second-order valence-corrected chi connectivity index (χ2v) is 3.89. The number of rotatable bonds is 3. The van der Waals surface area contributed by atoms with E-state index in [4.69, 9.17) is 0 Å². The Bertz CT molecular complexity index is 566. The molecule has 0 bridgehead atoms. The Hall–Kier alpha value is -2.44. The largest absolute Gasteiger partial charge is 0.505 e. The highest BCUT2D eigenvalue weighted by Crippen LogP contribution is 2.16. The minimum absolute atomic E-state index is 0.138. The molecule has 0 unspecified atom stereocenters. The Morgan fingerprint density at radius 3 is 2.94 bits per heavy atom. The van der Waals surface area contributed by atoms with Crippen molar-refractivity contribution in [3.05, 3.63) is 35.7 Å². The number of pyridine rings is 1. The van der Waals surface area contributed by atoms with Crippen LogP contribution in [0.15, 0.2) is 18.5 Å². The summed E-state index contributed by atoms with van der Waals surface area (Å²) in [5.41, 5.74) is 0.208. The summed E-state index contributed by atoms with van der Waals surface area (Å²) in [6, 6.07) is 1.47. The number of hydrogen-bond acceptors (Lipinski definition) is 5. The van der Waals surface area contributed by atoms with E-state index in [0.29, 0.717) is 11.6 Å². The molecule has 0 atom stereocenters. The van der Waals surface area contributed by atoms with E-state index in [9.17, 15) is 9.90 Å². The first-order valence-corrected chi connectivity index (χ1v) is 5.34. The first kappa shape index (κ1) is 12.0. The van der Waals surface area contributed by atoms with Gasteiger partial charge in [-0.2, -0.15) is 5.10 Å². The van der Waals surface area contributed by atoms with Crippen LogP contribution in [0.4, 0.5) is 0 Å². The number of H-pyrrole nitrogens is 1. The number of nitrogens with one attached hydrogen (secondary N) is 1. The lowest BCUT2D eigenvalue weighted by atomic mass is 10.2. The molecule has 0 saturated heterocycles. The number of aryl methyl sites for hydroxylation is 1. The third-order valence-electron chi connectivity index (χ3n) is 2.40. The molecule has 0 fully saturated rings. The van der Waals surface area contributed by atoms with Crippen LogP contribution in [-0.2, 0) is 6.54 Å². The summed E-state index contributed by atoms with van der Waals surface area (Å²) >= 11 is 0. The maximum Gasteiger partial charge on any atom is 0.257 e. The van der Waals surface area contributed by atoms with Crippen LogP contribution in [0.25, 0.3) is 0 Å². The van der Waals surface area contributed by atoms with Crippen LogP contribution < -0.4 is 0 Å². The quantitative estimate of drug-likeness (QED) is 0.822. The van der Waals surface area contributed by atoms with E-state index in [-0.39, 0.29) is 23.8 Å². The third kappa shape index (κ3) is 2.45. The number of carbonyl (C=O) groups excluding carboxylic acids is 1. The summed E-state index contributed by atoms with van der Waals surface area (Å²) < 4.78 is 0. The van der Waals surface area contributed by atoms with E-state index in [1.807, 2.05) is 0 Å². The van der Waals surface area contributed by atoms with Gasteiger partial charge in [0.15, 0.2) is 5.82 Å². The first-order chi connectivity index (χ1) is 8.58. The summed E-state index contributed by atoms with van der Waals surface area (Å²) in [5.74, 6) is 0.771. The van der Waals surface area contributed by atoms with Crippen molar-refractivity contribution in [2.75, 3.05) is 7.05 Å². The number of amides is 1. The van der Waals surface area contributed by atoms with Gasteiger partial charge in [0.1, 0.15) is 11.6 Å². The third-order valence-corrected chi connectivity index (χ3v) is 2.40. The summed E-state index contributed by atoms with van der Waals surface area (Å²) in [7, 11) is 1.62. The molecule has 0 aliphatic heterocycles. The lowest BCUT2D eigenvalue weighted by Gasteiger charge is -2.15. The van der Waals surface area contributed by atoms with Gasteiger partial charge in [0.2, 0.25) is 0 Å². The SMILES string of the molecule is Cc1nc(CN(C)C(=O)c2ccncc2O)n[nH]1. The molecule has 1 amide bonds. The van der Waals surface area contributed by atoms with Crippen molar-refractivity contribution in [1.29, 1.82) is 0 Å². The van der Waals surface area contributed by atoms with Crippen molar-refractivity contribution in [3.8, 4) is 5.75 Å². The summed E-state index contributed by atoms with van der Waals surface area (Å²) in [6.07, 6.45) is 2.69. The van der Waals surface area contributed by atoms with Crippen LogP contribution >= 0.6 is 0 Å².